The van der Waals surface area contributed by atoms with E-state index in [0.29, 0.717) is 23.9 Å². The molecule has 11 heteroatoms. The van der Waals surface area contributed by atoms with Crippen molar-refractivity contribution in [3.8, 4) is 0 Å². The molecule has 174 valence electrons. The molecule has 34 heavy (non-hydrogen) atoms. The highest BCUT2D eigenvalue weighted by Gasteiger charge is 2.45. The van der Waals surface area contributed by atoms with E-state index in [4.69, 9.17) is 0 Å². The first-order valence-corrected chi connectivity index (χ1v) is 10.9. The molecule has 5 amide bonds. The molecule has 2 aromatic carbocycles. The number of carbonyl (C=O) groups excluding carboxylic acids is 5. The number of anilines is 1. The van der Waals surface area contributed by atoms with Crippen LogP contribution in [0.15, 0.2) is 42.5 Å². The molecular formula is C23H22BN3O7. The number of fused-ring (bicyclic) bond motifs is 1. The molecule has 1 unspecified atom stereocenters. The molecule has 4 N–H and O–H groups in total. The van der Waals surface area contributed by atoms with Gasteiger partial charge < -0.3 is 15.4 Å². The van der Waals surface area contributed by atoms with Crippen molar-refractivity contribution in [3.05, 3.63) is 59.2 Å². The average molecular weight is 463 g/mol. The van der Waals surface area contributed by atoms with Crippen LogP contribution in [0.25, 0.3) is 0 Å². The van der Waals surface area contributed by atoms with Gasteiger partial charge in [0.15, 0.2) is 0 Å². The van der Waals surface area contributed by atoms with Gasteiger partial charge in [-0.3, -0.25) is 34.2 Å². The first-order chi connectivity index (χ1) is 16.3. The van der Waals surface area contributed by atoms with Crippen LogP contribution in [0.5, 0.6) is 0 Å². The SMILES string of the molecule is O=C1CCC(N2C(=O)c3cccc(NC(=O)CCCc4ccccc4B(O)O)c3C2=O)C(=O)N1. The van der Waals surface area contributed by atoms with Gasteiger partial charge >= 0.3 is 7.12 Å². The van der Waals surface area contributed by atoms with Crippen LogP contribution in [-0.2, 0) is 20.8 Å². The molecule has 1 saturated heterocycles. The van der Waals surface area contributed by atoms with Crippen LogP contribution in [0, 0.1) is 0 Å². The fourth-order valence-electron chi connectivity index (χ4n) is 4.28. The van der Waals surface area contributed by atoms with Crippen LogP contribution in [-0.4, -0.2) is 57.6 Å². The van der Waals surface area contributed by atoms with Gasteiger partial charge in [-0.15, -0.1) is 0 Å². The van der Waals surface area contributed by atoms with E-state index < -0.39 is 36.8 Å². The van der Waals surface area contributed by atoms with Crippen molar-refractivity contribution in [2.45, 2.75) is 38.1 Å². The molecule has 0 aliphatic carbocycles. The van der Waals surface area contributed by atoms with Gasteiger partial charge in [-0.2, -0.15) is 0 Å². The van der Waals surface area contributed by atoms with E-state index in [0.717, 1.165) is 4.90 Å². The van der Waals surface area contributed by atoms with Crippen LogP contribution in [0.2, 0.25) is 0 Å². The van der Waals surface area contributed by atoms with Gasteiger partial charge in [0.2, 0.25) is 17.7 Å². The van der Waals surface area contributed by atoms with Crippen molar-refractivity contribution in [2.75, 3.05) is 5.32 Å². The summed E-state index contributed by atoms with van der Waals surface area (Å²) >= 11 is 0. The lowest BCUT2D eigenvalue weighted by Crippen LogP contribution is -2.54. The van der Waals surface area contributed by atoms with Crippen LogP contribution in [0.3, 0.4) is 0 Å². The van der Waals surface area contributed by atoms with Crippen LogP contribution >= 0.6 is 0 Å². The lowest BCUT2D eigenvalue weighted by molar-refractivity contribution is -0.136. The number of imide groups is 2. The molecule has 10 nitrogen and oxygen atoms in total. The molecule has 0 saturated carbocycles. The third kappa shape index (κ3) is 4.48. The summed E-state index contributed by atoms with van der Waals surface area (Å²) < 4.78 is 0. The number of aryl methyl sites for hydroxylation is 1. The third-order valence-corrected chi connectivity index (χ3v) is 5.93. The predicted octanol–water partition coefficient (Wildman–Crippen LogP) is -0.271. The Bertz CT molecular complexity index is 1200. The summed E-state index contributed by atoms with van der Waals surface area (Å²) in [5, 5.41) is 23.7. The van der Waals surface area contributed by atoms with Crippen LogP contribution < -0.4 is 16.1 Å². The molecule has 2 aliphatic heterocycles. The minimum absolute atomic E-state index is 0.0132. The Morgan fingerprint density at radius 2 is 1.82 bits per heavy atom. The summed E-state index contributed by atoms with van der Waals surface area (Å²) in [5.41, 5.74) is 1.35. The van der Waals surface area contributed by atoms with Gasteiger partial charge in [0, 0.05) is 12.8 Å². The zero-order valence-corrected chi connectivity index (χ0v) is 18.1. The van der Waals surface area contributed by atoms with E-state index in [9.17, 15) is 34.0 Å². The monoisotopic (exact) mass is 463 g/mol. The number of hydrogen-bond donors (Lipinski definition) is 4. The molecular weight excluding hydrogens is 441 g/mol. The first-order valence-electron chi connectivity index (χ1n) is 10.9. The van der Waals surface area contributed by atoms with Gasteiger partial charge in [-0.1, -0.05) is 30.3 Å². The largest absolute Gasteiger partial charge is 0.488 e. The Morgan fingerprint density at radius 1 is 1.06 bits per heavy atom. The van der Waals surface area contributed by atoms with Gasteiger partial charge in [-0.05, 0) is 42.4 Å². The molecule has 2 heterocycles. The van der Waals surface area contributed by atoms with E-state index in [1.165, 1.54) is 18.2 Å². The van der Waals surface area contributed by atoms with E-state index in [2.05, 4.69) is 10.6 Å². The second kappa shape index (κ2) is 9.58. The lowest BCUT2D eigenvalue weighted by Gasteiger charge is -2.27. The zero-order valence-electron chi connectivity index (χ0n) is 18.1. The lowest BCUT2D eigenvalue weighted by atomic mass is 9.76. The minimum Gasteiger partial charge on any atom is -0.423 e. The summed E-state index contributed by atoms with van der Waals surface area (Å²) in [7, 11) is -1.60. The van der Waals surface area contributed by atoms with Crippen LogP contribution in [0.4, 0.5) is 5.69 Å². The number of amides is 5. The highest BCUT2D eigenvalue weighted by Crippen LogP contribution is 2.32. The molecule has 0 radical (unpaired) electrons. The molecule has 2 aliphatic rings. The predicted molar refractivity (Wildman–Crippen MR) is 121 cm³/mol. The molecule has 1 fully saturated rings. The van der Waals surface area contributed by atoms with E-state index in [-0.39, 0.29) is 42.0 Å². The van der Waals surface area contributed by atoms with Gasteiger partial charge in [-0.25, -0.2) is 0 Å². The smallest absolute Gasteiger partial charge is 0.423 e. The summed E-state index contributed by atoms with van der Waals surface area (Å²) in [5.74, 6) is -2.89. The Hall–Kier alpha value is -3.83. The average Bonchev–Trinajstić information content (AvgIpc) is 3.05. The van der Waals surface area contributed by atoms with Crippen molar-refractivity contribution in [1.29, 1.82) is 0 Å². The Kier molecular flexibility index (Phi) is 6.57. The van der Waals surface area contributed by atoms with Crippen molar-refractivity contribution >= 4 is 47.8 Å². The third-order valence-electron chi connectivity index (χ3n) is 5.93. The van der Waals surface area contributed by atoms with Crippen molar-refractivity contribution < 1.29 is 34.0 Å². The topological polar surface area (TPSA) is 153 Å². The molecule has 1 atom stereocenters. The van der Waals surface area contributed by atoms with Crippen molar-refractivity contribution in [1.82, 2.24) is 10.2 Å². The minimum atomic E-state index is -1.60. The normalized spacial score (nSPS) is 17.5. The van der Waals surface area contributed by atoms with Gasteiger partial charge in [0.05, 0.1) is 16.8 Å². The summed E-state index contributed by atoms with van der Waals surface area (Å²) in [6.07, 6.45) is 1.01. The molecule has 0 bridgehead atoms. The van der Waals surface area contributed by atoms with Crippen LogP contribution in [0.1, 0.15) is 52.0 Å². The molecule has 4 rings (SSSR count). The zero-order chi connectivity index (χ0) is 24.4. The maximum absolute atomic E-state index is 13.1. The van der Waals surface area contributed by atoms with Crippen molar-refractivity contribution in [2.24, 2.45) is 0 Å². The standard InChI is InChI=1S/C23H22BN3O7/c28-18(10-3-6-13-5-1-2-8-15(13)24(33)34)25-16-9-4-7-14-20(16)23(32)27(22(14)31)17-11-12-19(29)26-21(17)30/h1-2,4-5,7-9,17,33-34H,3,6,10-12H2,(H,25,28)(H,26,29,30). The number of nitrogens with zero attached hydrogens (tertiary/aromatic N) is 1. The summed E-state index contributed by atoms with van der Waals surface area (Å²) in [4.78, 5) is 63.0. The molecule has 2 aromatic rings. The van der Waals surface area contributed by atoms with Gasteiger partial charge in [0.1, 0.15) is 6.04 Å². The summed E-state index contributed by atoms with van der Waals surface area (Å²) in [6, 6.07) is 10.2. The maximum atomic E-state index is 13.1. The quantitative estimate of drug-likeness (QED) is 0.326. The molecule has 0 aromatic heterocycles. The van der Waals surface area contributed by atoms with E-state index in [1.807, 2.05) is 0 Å². The number of benzene rings is 2. The Morgan fingerprint density at radius 3 is 2.56 bits per heavy atom. The number of carbonyl (C=O) groups is 5. The highest BCUT2D eigenvalue weighted by atomic mass is 16.4. The maximum Gasteiger partial charge on any atom is 0.488 e. The number of nitrogens with one attached hydrogen (secondary N) is 2. The van der Waals surface area contributed by atoms with Gasteiger partial charge in [0.25, 0.3) is 11.8 Å². The number of hydrogen-bond acceptors (Lipinski definition) is 7. The van der Waals surface area contributed by atoms with E-state index >= 15 is 0 Å². The fraction of sp³-hybridized carbons (Fsp3) is 0.261. The Labute approximate surface area is 195 Å². The fourth-order valence-corrected chi connectivity index (χ4v) is 4.28. The van der Waals surface area contributed by atoms with Crippen molar-refractivity contribution in [3.63, 3.8) is 0 Å². The number of piperidine rings is 1. The second-order valence-corrected chi connectivity index (χ2v) is 8.15. The summed E-state index contributed by atoms with van der Waals surface area (Å²) in [6.45, 7) is 0. The first kappa shape index (κ1) is 23.3. The molecule has 0 spiro atoms. The Balaban J connectivity index is 1.44. The second-order valence-electron chi connectivity index (χ2n) is 8.15. The highest BCUT2D eigenvalue weighted by molar-refractivity contribution is 6.59. The number of rotatable bonds is 7. The van der Waals surface area contributed by atoms with E-state index in [1.54, 1.807) is 24.3 Å².